The number of rotatable bonds is 15. The minimum atomic E-state index is -0.263. The van der Waals surface area contributed by atoms with E-state index >= 15 is 0 Å². The van der Waals surface area contributed by atoms with Crippen molar-refractivity contribution in [2.45, 2.75) is 83.6 Å². The fourth-order valence-corrected chi connectivity index (χ4v) is 7.04. The third-order valence-electron chi connectivity index (χ3n) is 9.54. The molecular weight excluding hydrogens is 562 g/mol. The quantitative estimate of drug-likeness (QED) is 0.148. The number of hydrogen-bond acceptors (Lipinski definition) is 8. The zero-order chi connectivity index (χ0) is 31.7. The van der Waals surface area contributed by atoms with Crippen LogP contribution in [-0.4, -0.2) is 93.2 Å². The van der Waals surface area contributed by atoms with Gasteiger partial charge in [0.1, 0.15) is 0 Å². The van der Waals surface area contributed by atoms with Gasteiger partial charge in [-0.1, -0.05) is 69.7 Å². The van der Waals surface area contributed by atoms with Gasteiger partial charge in [0.05, 0.1) is 11.1 Å². The van der Waals surface area contributed by atoms with Gasteiger partial charge in [-0.3, -0.25) is 14.5 Å². The first kappa shape index (κ1) is 35.5. The van der Waals surface area contributed by atoms with Crippen LogP contribution in [0.1, 0.15) is 98.3 Å². The van der Waals surface area contributed by atoms with Crippen LogP contribution in [-0.2, 0) is 0 Å². The van der Waals surface area contributed by atoms with Crippen molar-refractivity contribution in [3.05, 3.63) is 47.5 Å². The molecule has 1 fully saturated rings. The van der Waals surface area contributed by atoms with Crippen molar-refractivity contribution in [2.24, 2.45) is 11.7 Å². The maximum atomic E-state index is 13.2. The Morgan fingerprint density at radius 2 is 1.38 bits per heavy atom. The molecule has 0 aromatic heterocycles. The normalized spacial score (nSPS) is 19.0. The van der Waals surface area contributed by atoms with Gasteiger partial charge in [0.15, 0.2) is 0 Å². The Hall–Kier alpha value is -2.40. The van der Waals surface area contributed by atoms with E-state index in [4.69, 9.17) is 5.73 Å². The molecule has 0 spiro atoms. The molecule has 250 valence electrons. The molecular formula is C36H59N7O2. The maximum Gasteiger partial charge on any atom is 0.275 e. The highest BCUT2D eigenvalue weighted by Gasteiger charge is 2.32. The molecule has 0 bridgehead atoms. The van der Waals surface area contributed by atoms with Crippen LogP contribution in [0.5, 0.6) is 0 Å². The van der Waals surface area contributed by atoms with Crippen molar-refractivity contribution in [1.29, 1.82) is 0 Å². The van der Waals surface area contributed by atoms with Crippen LogP contribution < -0.4 is 27.1 Å². The summed E-state index contributed by atoms with van der Waals surface area (Å²) < 4.78 is 0. The van der Waals surface area contributed by atoms with E-state index in [-0.39, 0.29) is 11.8 Å². The second kappa shape index (κ2) is 20.0. The topological polar surface area (TPSA) is 115 Å². The molecule has 1 saturated heterocycles. The second-order valence-electron chi connectivity index (χ2n) is 12.8. The predicted octanol–water partition coefficient (Wildman–Crippen LogP) is 4.28. The molecule has 9 nitrogen and oxygen atoms in total. The summed E-state index contributed by atoms with van der Waals surface area (Å²) >= 11 is 0. The van der Waals surface area contributed by atoms with Gasteiger partial charge in [-0.2, -0.15) is 0 Å². The smallest absolute Gasteiger partial charge is 0.275 e. The third kappa shape index (κ3) is 10.6. The summed E-state index contributed by atoms with van der Waals surface area (Å²) in [6.07, 6.45) is 12.9. The molecule has 0 saturated carbocycles. The zero-order valence-corrected chi connectivity index (χ0v) is 27.8. The van der Waals surface area contributed by atoms with Gasteiger partial charge in [0.25, 0.3) is 11.8 Å². The van der Waals surface area contributed by atoms with Crippen molar-refractivity contribution >= 4 is 22.6 Å². The van der Waals surface area contributed by atoms with Gasteiger partial charge in [0, 0.05) is 50.7 Å². The summed E-state index contributed by atoms with van der Waals surface area (Å²) in [6, 6.07) is 11.7. The van der Waals surface area contributed by atoms with E-state index in [9.17, 15) is 9.59 Å². The standard InChI is InChI=1S/C36H59N7O2/c1-2-3-4-6-13-29(33(28-37)42-26-12-21-39-24-23-38-19-11-20-40-25-27-42)14-7-5-8-22-41-43-35(44)31-17-9-15-30-16-10-18-32(34(30)31)36(43)45/h9-10,15-18,29,33,38-41H,2-8,11-14,19-28,37H2,1H3. The highest BCUT2D eigenvalue weighted by atomic mass is 16.2. The van der Waals surface area contributed by atoms with Crippen LogP contribution >= 0.6 is 0 Å². The molecule has 2 aliphatic rings. The lowest BCUT2D eigenvalue weighted by Crippen LogP contribution is -2.49. The van der Waals surface area contributed by atoms with E-state index in [1.165, 1.54) is 43.5 Å². The van der Waals surface area contributed by atoms with Gasteiger partial charge in [-0.05, 0) is 81.7 Å². The van der Waals surface area contributed by atoms with Crippen molar-refractivity contribution in [2.75, 3.05) is 65.4 Å². The number of imide groups is 1. The third-order valence-corrected chi connectivity index (χ3v) is 9.54. The van der Waals surface area contributed by atoms with E-state index in [0.29, 0.717) is 36.2 Å². The number of carbonyl (C=O) groups is 2. The van der Waals surface area contributed by atoms with Crippen LogP contribution in [0.3, 0.4) is 0 Å². The van der Waals surface area contributed by atoms with Gasteiger partial charge >= 0.3 is 0 Å². The van der Waals surface area contributed by atoms with Crippen molar-refractivity contribution in [3.8, 4) is 0 Å². The van der Waals surface area contributed by atoms with Crippen LogP contribution in [0.2, 0.25) is 0 Å². The maximum absolute atomic E-state index is 13.2. The molecule has 2 atom stereocenters. The molecule has 4 rings (SSSR count). The SMILES string of the molecule is CCCCCCC(CCCCCNN1C(=O)c2cccc3cccc(c23)C1=O)C(CN)N1CCCNCCNCCCNCC1. The minimum Gasteiger partial charge on any atom is -0.329 e. The highest BCUT2D eigenvalue weighted by molar-refractivity contribution is 6.25. The Bertz CT molecular complexity index is 1110. The molecule has 0 aliphatic carbocycles. The summed E-state index contributed by atoms with van der Waals surface area (Å²) in [5, 5.41) is 13.7. The van der Waals surface area contributed by atoms with Crippen LogP contribution in [0.4, 0.5) is 0 Å². The number of nitrogens with one attached hydrogen (secondary N) is 4. The largest absolute Gasteiger partial charge is 0.329 e. The number of hydrazine groups is 1. The van der Waals surface area contributed by atoms with Gasteiger partial charge in [-0.15, -0.1) is 0 Å². The Labute approximate surface area is 271 Å². The lowest BCUT2D eigenvalue weighted by molar-refractivity contribution is 0.0519. The van der Waals surface area contributed by atoms with Gasteiger partial charge in [-0.25, -0.2) is 10.4 Å². The lowest BCUT2D eigenvalue weighted by atomic mass is 9.87. The number of carbonyl (C=O) groups excluding carboxylic acids is 2. The monoisotopic (exact) mass is 621 g/mol. The zero-order valence-electron chi connectivity index (χ0n) is 27.8. The molecule has 2 amide bonds. The molecule has 2 heterocycles. The van der Waals surface area contributed by atoms with Crippen molar-refractivity contribution in [3.63, 3.8) is 0 Å². The predicted molar refractivity (Wildman–Crippen MR) is 185 cm³/mol. The minimum absolute atomic E-state index is 0.263. The number of nitrogens with two attached hydrogens (primary N) is 1. The van der Waals surface area contributed by atoms with Crippen molar-refractivity contribution < 1.29 is 9.59 Å². The van der Waals surface area contributed by atoms with E-state index in [0.717, 1.165) is 95.2 Å². The van der Waals surface area contributed by atoms with Gasteiger partial charge in [0.2, 0.25) is 0 Å². The van der Waals surface area contributed by atoms with E-state index in [1.807, 2.05) is 36.4 Å². The number of unbranched alkanes of at least 4 members (excludes halogenated alkanes) is 5. The number of benzene rings is 2. The summed E-state index contributed by atoms with van der Waals surface area (Å²) in [7, 11) is 0. The number of amides is 2. The van der Waals surface area contributed by atoms with Crippen molar-refractivity contribution in [1.82, 2.24) is 31.3 Å². The summed E-state index contributed by atoms with van der Waals surface area (Å²) in [6.45, 7) is 11.9. The fourth-order valence-electron chi connectivity index (χ4n) is 7.04. The second-order valence-corrected chi connectivity index (χ2v) is 12.8. The molecule has 2 aliphatic heterocycles. The fraction of sp³-hybridized carbons (Fsp3) is 0.667. The first-order valence-electron chi connectivity index (χ1n) is 17.9. The number of hydrogen-bond donors (Lipinski definition) is 5. The van der Waals surface area contributed by atoms with Crippen LogP contribution in [0, 0.1) is 5.92 Å². The molecule has 45 heavy (non-hydrogen) atoms. The van der Waals surface area contributed by atoms with Gasteiger partial charge < -0.3 is 21.7 Å². The molecule has 9 heteroatoms. The summed E-state index contributed by atoms with van der Waals surface area (Å²) in [4.78, 5) is 29.1. The average Bonchev–Trinajstić information content (AvgIpc) is 3.06. The Morgan fingerprint density at radius 1 is 0.756 bits per heavy atom. The molecule has 2 aromatic rings. The van der Waals surface area contributed by atoms with E-state index in [1.54, 1.807) is 0 Å². The number of nitrogens with zero attached hydrogens (tertiary/aromatic N) is 2. The molecule has 2 unspecified atom stereocenters. The summed E-state index contributed by atoms with van der Waals surface area (Å²) in [5.74, 6) is 0.0554. The highest BCUT2D eigenvalue weighted by Crippen LogP contribution is 2.29. The average molecular weight is 622 g/mol. The van der Waals surface area contributed by atoms with Crippen LogP contribution in [0.25, 0.3) is 10.8 Å². The Balaban J connectivity index is 1.29. The molecule has 0 radical (unpaired) electrons. The molecule has 2 aromatic carbocycles. The lowest BCUT2D eigenvalue weighted by Gasteiger charge is -2.37. The van der Waals surface area contributed by atoms with E-state index in [2.05, 4.69) is 33.2 Å². The van der Waals surface area contributed by atoms with E-state index < -0.39 is 0 Å². The summed E-state index contributed by atoms with van der Waals surface area (Å²) in [5.41, 5.74) is 10.9. The first-order valence-corrected chi connectivity index (χ1v) is 17.9. The Kier molecular flexibility index (Phi) is 15.7. The Morgan fingerprint density at radius 3 is 2.02 bits per heavy atom. The first-order chi connectivity index (χ1) is 22.2. The molecule has 6 N–H and O–H groups in total. The van der Waals surface area contributed by atoms with Crippen LogP contribution in [0.15, 0.2) is 36.4 Å².